The Kier molecular flexibility index (Phi) is 3.72. The predicted octanol–water partition coefficient (Wildman–Crippen LogP) is 1.64. The molecule has 3 aromatic rings. The summed E-state index contributed by atoms with van der Waals surface area (Å²) in [5.74, 6) is 0.197. The minimum Gasteiger partial charge on any atom is -0.346 e. The largest absolute Gasteiger partial charge is 0.346 e. The summed E-state index contributed by atoms with van der Waals surface area (Å²) in [6.45, 7) is 2.05. The lowest BCUT2D eigenvalue weighted by atomic mass is 10.0. The van der Waals surface area contributed by atoms with Crippen molar-refractivity contribution in [3.05, 3.63) is 24.8 Å². The molecule has 0 aromatic carbocycles. The highest BCUT2D eigenvalue weighted by Crippen LogP contribution is 2.29. The molecule has 0 aliphatic carbocycles. The van der Waals surface area contributed by atoms with Gasteiger partial charge in [0.2, 0.25) is 5.91 Å². The van der Waals surface area contributed by atoms with E-state index in [9.17, 15) is 4.79 Å². The molecule has 24 heavy (non-hydrogen) atoms. The zero-order chi connectivity index (χ0) is 16.7. The Morgan fingerprint density at radius 1 is 1.42 bits per heavy atom. The SMILES string of the molecule is CN(C)CC(=O)N1CCCC(n2cnc3cnc4[nH]ccc4c32)C1. The van der Waals surface area contributed by atoms with Gasteiger partial charge in [0.15, 0.2) is 0 Å². The third-order valence-corrected chi connectivity index (χ3v) is 4.71. The van der Waals surface area contributed by atoms with Gasteiger partial charge < -0.3 is 19.4 Å². The number of aromatic nitrogens is 4. The molecule has 0 saturated carbocycles. The van der Waals surface area contributed by atoms with Crippen LogP contribution in [-0.4, -0.2) is 69.0 Å². The van der Waals surface area contributed by atoms with E-state index in [1.165, 1.54) is 0 Å². The first-order valence-electron chi connectivity index (χ1n) is 8.34. The molecule has 3 aromatic heterocycles. The highest BCUT2D eigenvalue weighted by molar-refractivity contribution is 6.01. The molecule has 1 amide bonds. The normalized spacial score (nSPS) is 18.8. The number of imidazole rings is 1. The molecule has 1 fully saturated rings. The van der Waals surface area contributed by atoms with E-state index in [-0.39, 0.29) is 11.9 Å². The van der Waals surface area contributed by atoms with Crippen molar-refractivity contribution in [2.75, 3.05) is 33.7 Å². The fourth-order valence-corrected chi connectivity index (χ4v) is 3.59. The number of H-pyrrole nitrogens is 1. The molecule has 1 aliphatic rings. The van der Waals surface area contributed by atoms with E-state index >= 15 is 0 Å². The van der Waals surface area contributed by atoms with Crippen LogP contribution in [0.3, 0.4) is 0 Å². The molecule has 1 saturated heterocycles. The maximum absolute atomic E-state index is 12.4. The van der Waals surface area contributed by atoms with Crippen molar-refractivity contribution >= 4 is 28.0 Å². The second-order valence-corrected chi connectivity index (χ2v) is 6.76. The second kappa shape index (κ2) is 5.90. The number of amides is 1. The van der Waals surface area contributed by atoms with Crippen LogP contribution in [0.15, 0.2) is 24.8 Å². The van der Waals surface area contributed by atoms with E-state index < -0.39 is 0 Å². The molecule has 7 heteroatoms. The van der Waals surface area contributed by atoms with Gasteiger partial charge >= 0.3 is 0 Å². The van der Waals surface area contributed by atoms with E-state index in [4.69, 9.17) is 0 Å². The number of hydrogen-bond donors (Lipinski definition) is 1. The third kappa shape index (κ3) is 2.54. The van der Waals surface area contributed by atoms with E-state index in [0.29, 0.717) is 6.54 Å². The number of fused-ring (bicyclic) bond motifs is 3. The lowest BCUT2D eigenvalue weighted by Crippen LogP contribution is -2.44. The zero-order valence-electron chi connectivity index (χ0n) is 14.1. The first-order chi connectivity index (χ1) is 11.6. The molecule has 0 radical (unpaired) electrons. The summed E-state index contributed by atoms with van der Waals surface area (Å²) in [5.41, 5.74) is 2.88. The van der Waals surface area contributed by atoms with Crippen LogP contribution in [0.2, 0.25) is 0 Å². The predicted molar refractivity (Wildman–Crippen MR) is 92.8 cm³/mol. The molecule has 0 spiro atoms. The second-order valence-electron chi connectivity index (χ2n) is 6.76. The minimum absolute atomic E-state index is 0.197. The molecule has 7 nitrogen and oxygen atoms in total. The molecular weight excluding hydrogens is 304 g/mol. The van der Waals surface area contributed by atoms with Crippen molar-refractivity contribution in [2.45, 2.75) is 18.9 Å². The lowest BCUT2D eigenvalue weighted by molar-refractivity contribution is -0.133. The summed E-state index contributed by atoms with van der Waals surface area (Å²) < 4.78 is 2.22. The van der Waals surface area contributed by atoms with E-state index in [1.807, 2.05) is 48.7 Å². The summed E-state index contributed by atoms with van der Waals surface area (Å²) >= 11 is 0. The maximum atomic E-state index is 12.4. The number of likely N-dealkylation sites (tertiary alicyclic amines) is 1. The Hall–Kier alpha value is -2.41. The van der Waals surface area contributed by atoms with Crippen LogP contribution in [0.1, 0.15) is 18.9 Å². The van der Waals surface area contributed by atoms with Gasteiger partial charge in [-0.2, -0.15) is 0 Å². The van der Waals surface area contributed by atoms with Crippen LogP contribution in [0.25, 0.3) is 22.1 Å². The molecule has 4 heterocycles. The molecular formula is C17H22N6O. The fourth-order valence-electron chi connectivity index (χ4n) is 3.59. The topological polar surface area (TPSA) is 70.1 Å². The summed E-state index contributed by atoms with van der Waals surface area (Å²) in [6.07, 6.45) is 7.68. The van der Waals surface area contributed by atoms with Crippen molar-refractivity contribution in [3.8, 4) is 0 Å². The van der Waals surface area contributed by atoms with Crippen molar-refractivity contribution < 1.29 is 4.79 Å². The van der Waals surface area contributed by atoms with Gasteiger partial charge in [0.1, 0.15) is 11.2 Å². The van der Waals surface area contributed by atoms with Gasteiger partial charge in [0, 0.05) is 24.7 Å². The van der Waals surface area contributed by atoms with Crippen molar-refractivity contribution in [3.63, 3.8) is 0 Å². The zero-order valence-corrected chi connectivity index (χ0v) is 14.1. The van der Waals surface area contributed by atoms with Crippen LogP contribution in [0.5, 0.6) is 0 Å². The van der Waals surface area contributed by atoms with Gasteiger partial charge in [0.05, 0.1) is 30.6 Å². The lowest BCUT2D eigenvalue weighted by Gasteiger charge is -2.34. The number of likely N-dealkylation sites (N-methyl/N-ethyl adjacent to an activating group) is 1. The first-order valence-corrected chi connectivity index (χ1v) is 8.34. The molecule has 1 aliphatic heterocycles. The van der Waals surface area contributed by atoms with Crippen LogP contribution >= 0.6 is 0 Å². The van der Waals surface area contributed by atoms with Gasteiger partial charge in [-0.05, 0) is 33.0 Å². The average molecular weight is 326 g/mol. The highest BCUT2D eigenvalue weighted by Gasteiger charge is 2.26. The van der Waals surface area contributed by atoms with Gasteiger partial charge in [-0.3, -0.25) is 4.79 Å². The van der Waals surface area contributed by atoms with Crippen molar-refractivity contribution in [1.29, 1.82) is 0 Å². The smallest absolute Gasteiger partial charge is 0.236 e. The van der Waals surface area contributed by atoms with E-state index in [0.717, 1.165) is 48.0 Å². The summed E-state index contributed by atoms with van der Waals surface area (Å²) in [6, 6.07) is 2.30. The van der Waals surface area contributed by atoms with Gasteiger partial charge in [-0.15, -0.1) is 0 Å². The molecule has 126 valence electrons. The van der Waals surface area contributed by atoms with Gasteiger partial charge in [0.25, 0.3) is 0 Å². The molecule has 1 unspecified atom stereocenters. The molecule has 1 N–H and O–H groups in total. The number of piperidine rings is 1. The molecule has 0 bridgehead atoms. The number of nitrogens with zero attached hydrogens (tertiary/aromatic N) is 5. The monoisotopic (exact) mass is 326 g/mol. The Balaban J connectivity index is 1.67. The summed E-state index contributed by atoms with van der Waals surface area (Å²) in [7, 11) is 3.86. The van der Waals surface area contributed by atoms with Crippen LogP contribution in [-0.2, 0) is 4.79 Å². The number of pyridine rings is 1. The standard InChI is InChI=1S/C17H22N6O/c1-21(2)10-15(24)22-7-3-4-12(9-22)23-11-20-14-8-19-17-13(16(14)23)5-6-18-17/h5-6,8,11-12H,3-4,7,9-10H2,1-2H3,(H,18,19). The number of nitrogens with one attached hydrogen (secondary N) is 1. The third-order valence-electron chi connectivity index (χ3n) is 4.71. The number of carbonyl (C=O) groups is 1. The quantitative estimate of drug-likeness (QED) is 0.794. The van der Waals surface area contributed by atoms with Crippen molar-refractivity contribution in [1.82, 2.24) is 29.3 Å². The molecule has 4 rings (SSSR count). The number of rotatable bonds is 3. The van der Waals surface area contributed by atoms with Gasteiger partial charge in [-0.1, -0.05) is 0 Å². The Labute approximate surface area is 140 Å². The summed E-state index contributed by atoms with van der Waals surface area (Å²) in [5, 5.41) is 1.08. The van der Waals surface area contributed by atoms with E-state index in [1.54, 1.807) is 0 Å². The Bertz CT molecular complexity index is 880. The first kappa shape index (κ1) is 15.1. The fraction of sp³-hybridized carbons (Fsp3) is 0.471. The maximum Gasteiger partial charge on any atom is 0.236 e. The molecule has 1 atom stereocenters. The van der Waals surface area contributed by atoms with Crippen LogP contribution < -0.4 is 0 Å². The van der Waals surface area contributed by atoms with Crippen molar-refractivity contribution in [2.24, 2.45) is 0 Å². The Morgan fingerprint density at radius 2 is 2.29 bits per heavy atom. The Morgan fingerprint density at radius 3 is 3.12 bits per heavy atom. The minimum atomic E-state index is 0.197. The van der Waals surface area contributed by atoms with Gasteiger partial charge in [-0.25, -0.2) is 9.97 Å². The number of carbonyl (C=O) groups excluding carboxylic acids is 1. The van der Waals surface area contributed by atoms with Crippen LogP contribution in [0, 0.1) is 0 Å². The summed E-state index contributed by atoms with van der Waals surface area (Å²) in [4.78, 5) is 28.4. The number of aromatic amines is 1. The highest BCUT2D eigenvalue weighted by atomic mass is 16.2. The van der Waals surface area contributed by atoms with E-state index in [2.05, 4.69) is 19.5 Å². The number of hydrogen-bond acceptors (Lipinski definition) is 4. The van der Waals surface area contributed by atoms with Crippen LogP contribution in [0.4, 0.5) is 0 Å². The average Bonchev–Trinajstić information content (AvgIpc) is 3.20.